The Balaban J connectivity index is 2.73. The Labute approximate surface area is 106 Å². The van der Waals surface area contributed by atoms with Crippen LogP contribution in [0.4, 0.5) is 5.69 Å². The molecule has 18 heavy (non-hydrogen) atoms. The van der Waals surface area contributed by atoms with E-state index in [1.54, 1.807) is 37.3 Å². The molecule has 0 amide bonds. The van der Waals surface area contributed by atoms with E-state index >= 15 is 0 Å². The first-order valence-corrected chi connectivity index (χ1v) is 5.77. The number of ether oxygens (including phenoxy) is 1. The first-order valence-electron chi connectivity index (χ1n) is 5.77. The fraction of sp³-hybridized carbons (Fsp3) is 0.286. The molecular formula is C14H17NO3. The highest BCUT2D eigenvalue weighted by Crippen LogP contribution is 2.16. The first kappa shape index (κ1) is 14.0. The number of carbonyl (C=O) groups is 2. The summed E-state index contributed by atoms with van der Waals surface area (Å²) < 4.78 is 4.80. The van der Waals surface area contributed by atoms with E-state index in [1.807, 2.05) is 0 Å². The summed E-state index contributed by atoms with van der Waals surface area (Å²) in [6.45, 7) is 3.61. The molecule has 4 heteroatoms. The molecule has 0 aliphatic heterocycles. The van der Waals surface area contributed by atoms with Gasteiger partial charge >= 0.3 is 5.97 Å². The van der Waals surface area contributed by atoms with Crippen LogP contribution in [-0.2, 0) is 9.53 Å². The molecule has 0 aliphatic carbocycles. The summed E-state index contributed by atoms with van der Waals surface area (Å²) in [5, 5.41) is 0. The number of carbonyl (C=O) groups excluding carboxylic acids is 2. The van der Waals surface area contributed by atoms with E-state index in [-0.39, 0.29) is 18.2 Å². The Morgan fingerprint density at radius 2 is 2.11 bits per heavy atom. The summed E-state index contributed by atoms with van der Waals surface area (Å²) in [4.78, 5) is 22.4. The van der Waals surface area contributed by atoms with Gasteiger partial charge < -0.3 is 10.5 Å². The second-order valence-corrected chi connectivity index (χ2v) is 3.81. The third-order valence-electron chi connectivity index (χ3n) is 2.36. The topological polar surface area (TPSA) is 69.4 Å². The lowest BCUT2D eigenvalue weighted by Gasteiger charge is -2.03. The lowest BCUT2D eigenvalue weighted by molar-refractivity contribution is -0.142. The van der Waals surface area contributed by atoms with Crippen LogP contribution >= 0.6 is 0 Å². The summed E-state index contributed by atoms with van der Waals surface area (Å²) in [7, 11) is 0. The van der Waals surface area contributed by atoms with Crippen LogP contribution < -0.4 is 5.73 Å². The number of ketones is 1. The fourth-order valence-corrected chi connectivity index (χ4v) is 1.49. The molecule has 0 saturated heterocycles. The minimum absolute atomic E-state index is 0.0758. The molecule has 0 aliphatic rings. The summed E-state index contributed by atoms with van der Waals surface area (Å²) in [5.41, 5.74) is 7.48. The van der Waals surface area contributed by atoms with Crippen molar-refractivity contribution in [3.05, 3.63) is 35.4 Å². The predicted molar refractivity (Wildman–Crippen MR) is 71.1 cm³/mol. The Kier molecular flexibility index (Phi) is 5.11. The van der Waals surface area contributed by atoms with Gasteiger partial charge in [0.25, 0.3) is 0 Å². The van der Waals surface area contributed by atoms with Crippen LogP contribution in [0.15, 0.2) is 24.3 Å². The maximum atomic E-state index is 11.3. The number of anilines is 1. The zero-order chi connectivity index (χ0) is 13.5. The standard InChI is InChI=1S/C14H17NO3/c1-3-18-14(17)6-4-5-11-7-8-13(15)12(9-11)10(2)16/h4-5,7-9H,3,6,15H2,1-2H3. The lowest BCUT2D eigenvalue weighted by atomic mass is 10.1. The highest BCUT2D eigenvalue weighted by atomic mass is 16.5. The first-order chi connectivity index (χ1) is 8.54. The SMILES string of the molecule is CCOC(=O)CC=Cc1ccc(N)c(C(C)=O)c1. The Bertz CT molecular complexity index is 478. The van der Waals surface area contributed by atoms with Gasteiger partial charge in [0.15, 0.2) is 5.78 Å². The summed E-state index contributed by atoms with van der Waals surface area (Å²) in [5.74, 6) is -0.343. The van der Waals surface area contributed by atoms with Gasteiger partial charge in [0.1, 0.15) is 0 Å². The van der Waals surface area contributed by atoms with Crippen LogP contribution in [-0.4, -0.2) is 18.4 Å². The molecule has 0 saturated carbocycles. The van der Waals surface area contributed by atoms with Crippen LogP contribution in [0.3, 0.4) is 0 Å². The highest BCUT2D eigenvalue weighted by molar-refractivity contribution is 5.99. The third-order valence-corrected chi connectivity index (χ3v) is 2.36. The number of hydrogen-bond acceptors (Lipinski definition) is 4. The zero-order valence-corrected chi connectivity index (χ0v) is 10.6. The van der Waals surface area contributed by atoms with Gasteiger partial charge in [-0.3, -0.25) is 9.59 Å². The summed E-state index contributed by atoms with van der Waals surface area (Å²) in [6.07, 6.45) is 3.68. The smallest absolute Gasteiger partial charge is 0.309 e. The van der Waals surface area contributed by atoms with Crippen LogP contribution in [0.25, 0.3) is 6.08 Å². The van der Waals surface area contributed by atoms with Gasteiger partial charge in [-0.25, -0.2) is 0 Å². The molecule has 2 N–H and O–H groups in total. The van der Waals surface area contributed by atoms with E-state index in [0.29, 0.717) is 17.9 Å². The largest absolute Gasteiger partial charge is 0.466 e. The van der Waals surface area contributed by atoms with Crippen molar-refractivity contribution < 1.29 is 14.3 Å². The highest BCUT2D eigenvalue weighted by Gasteiger charge is 2.04. The van der Waals surface area contributed by atoms with Crippen molar-refractivity contribution in [1.82, 2.24) is 0 Å². The monoisotopic (exact) mass is 247 g/mol. The van der Waals surface area contributed by atoms with E-state index in [9.17, 15) is 9.59 Å². The minimum Gasteiger partial charge on any atom is -0.466 e. The van der Waals surface area contributed by atoms with Crippen molar-refractivity contribution in [2.24, 2.45) is 0 Å². The molecule has 1 aromatic carbocycles. The number of nitrogen functional groups attached to an aromatic ring is 1. The van der Waals surface area contributed by atoms with Gasteiger partial charge in [-0.1, -0.05) is 18.2 Å². The molecule has 0 fully saturated rings. The molecule has 0 unspecified atom stereocenters. The maximum Gasteiger partial charge on any atom is 0.309 e. The number of benzene rings is 1. The van der Waals surface area contributed by atoms with Gasteiger partial charge in [-0.15, -0.1) is 0 Å². The quantitative estimate of drug-likeness (QED) is 0.493. The Morgan fingerprint density at radius 1 is 1.39 bits per heavy atom. The molecule has 1 rings (SSSR count). The van der Waals surface area contributed by atoms with E-state index in [0.717, 1.165) is 5.56 Å². The number of hydrogen-bond donors (Lipinski definition) is 1. The van der Waals surface area contributed by atoms with Crippen LogP contribution in [0.5, 0.6) is 0 Å². The van der Waals surface area contributed by atoms with Gasteiger partial charge in [0, 0.05) is 11.3 Å². The Morgan fingerprint density at radius 3 is 2.72 bits per heavy atom. The van der Waals surface area contributed by atoms with Crippen molar-refractivity contribution in [3.63, 3.8) is 0 Å². The van der Waals surface area contributed by atoms with E-state index in [1.165, 1.54) is 6.92 Å². The van der Waals surface area contributed by atoms with Crippen molar-refractivity contribution in [2.75, 3.05) is 12.3 Å². The minimum atomic E-state index is -0.268. The molecule has 0 spiro atoms. The molecule has 0 aromatic heterocycles. The predicted octanol–water partition coefficient (Wildman–Crippen LogP) is 2.44. The van der Waals surface area contributed by atoms with Gasteiger partial charge in [-0.2, -0.15) is 0 Å². The van der Waals surface area contributed by atoms with Gasteiger partial charge in [0.2, 0.25) is 0 Å². The summed E-state index contributed by atoms with van der Waals surface area (Å²) >= 11 is 0. The van der Waals surface area contributed by atoms with Crippen LogP contribution in [0, 0.1) is 0 Å². The molecule has 1 aromatic rings. The van der Waals surface area contributed by atoms with Crippen molar-refractivity contribution in [2.45, 2.75) is 20.3 Å². The molecule has 0 atom stereocenters. The second kappa shape index (κ2) is 6.59. The molecule has 96 valence electrons. The molecule has 0 bridgehead atoms. The second-order valence-electron chi connectivity index (χ2n) is 3.81. The average Bonchev–Trinajstić information content (AvgIpc) is 2.31. The van der Waals surface area contributed by atoms with Gasteiger partial charge in [-0.05, 0) is 31.5 Å². The number of rotatable bonds is 5. The number of nitrogens with two attached hydrogens (primary N) is 1. The zero-order valence-electron chi connectivity index (χ0n) is 10.6. The van der Waals surface area contributed by atoms with Crippen molar-refractivity contribution in [3.8, 4) is 0 Å². The van der Waals surface area contributed by atoms with Gasteiger partial charge in [0.05, 0.1) is 13.0 Å². The number of Topliss-reactive ketones (excluding diaryl/α,β-unsaturated/α-hetero) is 1. The normalized spacial score (nSPS) is 10.6. The number of esters is 1. The average molecular weight is 247 g/mol. The van der Waals surface area contributed by atoms with E-state index in [2.05, 4.69) is 0 Å². The maximum absolute atomic E-state index is 11.3. The molecular weight excluding hydrogens is 230 g/mol. The van der Waals surface area contributed by atoms with E-state index in [4.69, 9.17) is 10.5 Å². The molecule has 0 heterocycles. The van der Waals surface area contributed by atoms with Crippen molar-refractivity contribution >= 4 is 23.5 Å². The lowest BCUT2D eigenvalue weighted by Crippen LogP contribution is -2.01. The Hall–Kier alpha value is -2.10. The van der Waals surface area contributed by atoms with Crippen molar-refractivity contribution in [1.29, 1.82) is 0 Å². The summed E-state index contributed by atoms with van der Waals surface area (Å²) in [6, 6.07) is 5.18. The van der Waals surface area contributed by atoms with E-state index < -0.39 is 0 Å². The third kappa shape index (κ3) is 4.05. The fourth-order valence-electron chi connectivity index (χ4n) is 1.49. The van der Waals surface area contributed by atoms with Crippen LogP contribution in [0.2, 0.25) is 0 Å². The van der Waals surface area contributed by atoms with Crippen LogP contribution in [0.1, 0.15) is 36.2 Å². The molecule has 4 nitrogen and oxygen atoms in total. The molecule has 0 radical (unpaired) electrons.